The fourth-order valence-corrected chi connectivity index (χ4v) is 1.69. The maximum absolute atomic E-state index is 5.29. The van der Waals surface area contributed by atoms with Crippen molar-refractivity contribution in [1.29, 1.82) is 0 Å². The lowest BCUT2D eigenvalue weighted by molar-refractivity contribution is 0.378. The summed E-state index contributed by atoms with van der Waals surface area (Å²) in [6.07, 6.45) is 5.39. The van der Waals surface area contributed by atoms with Crippen molar-refractivity contribution in [1.82, 2.24) is 14.7 Å². The van der Waals surface area contributed by atoms with Gasteiger partial charge in [-0.3, -0.25) is 0 Å². The summed E-state index contributed by atoms with van der Waals surface area (Å²) in [6, 6.07) is 11.9. The van der Waals surface area contributed by atoms with Gasteiger partial charge < -0.3 is 9.09 Å². The van der Waals surface area contributed by atoms with E-state index in [1.165, 1.54) is 0 Å². The van der Waals surface area contributed by atoms with Crippen LogP contribution in [0.15, 0.2) is 59.6 Å². The van der Waals surface area contributed by atoms with Gasteiger partial charge in [-0.2, -0.15) is 0 Å². The number of aromatic nitrogens is 3. The van der Waals surface area contributed by atoms with Crippen LogP contribution in [0.3, 0.4) is 0 Å². The first kappa shape index (κ1) is 9.84. The smallest absolute Gasteiger partial charge is 0.157 e. The number of hydrogen-bond acceptors (Lipinski definition) is 3. The SMILES string of the molecule is c1ccc(-c2cc(Cn3ccnc3)on2)cc1. The van der Waals surface area contributed by atoms with Gasteiger partial charge in [0.2, 0.25) is 0 Å². The van der Waals surface area contributed by atoms with Crippen molar-refractivity contribution in [2.24, 2.45) is 0 Å². The Morgan fingerprint density at radius 1 is 1.18 bits per heavy atom. The van der Waals surface area contributed by atoms with E-state index in [-0.39, 0.29) is 0 Å². The molecule has 0 aliphatic carbocycles. The molecule has 0 aliphatic rings. The van der Waals surface area contributed by atoms with Gasteiger partial charge in [0.1, 0.15) is 5.69 Å². The first-order valence-electron chi connectivity index (χ1n) is 5.38. The molecule has 0 atom stereocenters. The molecule has 4 nitrogen and oxygen atoms in total. The van der Waals surface area contributed by atoms with E-state index in [2.05, 4.69) is 10.1 Å². The zero-order chi connectivity index (χ0) is 11.5. The minimum atomic E-state index is 0.653. The van der Waals surface area contributed by atoms with Crippen molar-refractivity contribution in [3.63, 3.8) is 0 Å². The monoisotopic (exact) mass is 225 g/mol. The third-order valence-corrected chi connectivity index (χ3v) is 2.53. The Morgan fingerprint density at radius 3 is 2.82 bits per heavy atom. The molecule has 0 amide bonds. The molecule has 2 heterocycles. The Labute approximate surface area is 98.5 Å². The van der Waals surface area contributed by atoms with Crippen molar-refractivity contribution >= 4 is 0 Å². The Kier molecular flexibility index (Phi) is 2.46. The maximum Gasteiger partial charge on any atom is 0.157 e. The van der Waals surface area contributed by atoms with Gasteiger partial charge in [0, 0.05) is 24.0 Å². The molecule has 17 heavy (non-hydrogen) atoms. The van der Waals surface area contributed by atoms with Gasteiger partial charge in [-0.1, -0.05) is 35.5 Å². The third kappa shape index (κ3) is 2.10. The minimum Gasteiger partial charge on any atom is -0.359 e. The highest BCUT2D eigenvalue weighted by Crippen LogP contribution is 2.18. The van der Waals surface area contributed by atoms with Crippen LogP contribution in [0, 0.1) is 0 Å². The summed E-state index contributed by atoms with van der Waals surface area (Å²) in [4.78, 5) is 3.98. The normalized spacial score (nSPS) is 10.6. The lowest BCUT2D eigenvalue weighted by atomic mass is 10.1. The summed E-state index contributed by atoms with van der Waals surface area (Å²) in [6.45, 7) is 0.653. The number of imidazole rings is 1. The molecule has 3 rings (SSSR count). The van der Waals surface area contributed by atoms with E-state index < -0.39 is 0 Å². The molecule has 0 bridgehead atoms. The molecule has 0 radical (unpaired) electrons. The Morgan fingerprint density at radius 2 is 2.06 bits per heavy atom. The molecule has 0 spiro atoms. The molecule has 0 unspecified atom stereocenters. The number of nitrogens with zero attached hydrogens (tertiary/aromatic N) is 3. The van der Waals surface area contributed by atoms with E-state index in [0.717, 1.165) is 17.0 Å². The van der Waals surface area contributed by atoms with E-state index in [1.807, 2.05) is 47.2 Å². The van der Waals surface area contributed by atoms with Crippen LogP contribution in [0.2, 0.25) is 0 Å². The molecule has 0 fully saturated rings. The van der Waals surface area contributed by atoms with E-state index >= 15 is 0 Å². The second kappa shape index (κ2) is 4.25. The van der Waals surface area contributed by atoms with Crippen molar-refractivity contribution in [3.05, 3.63) is 60.9 Å². The van der Waals surface area contributed by atoms with Crippen molar-refractivity contribution in [2.45, 2.75) is 6.54 Å². The minimum absolute atomic E-state index is 0.653. The lowest BCUT2D eigenvalue weighted by Crippen LogP contribution is -1.93. The van der Waals surface area contributed by atoms with Crippen molar-refractivity contribution in [2.75, 3.05) is 0 Å². The van der Waals surface area contributed by atoms with Crippen LogP contribution in [-0.4, -0.2) is 14.7 Å². The van der Waals surface area contributed by atoms with Gasteiger partial charge in [-0.25, -0.2) is 4.98 Å². The van der Waals surface area contributed by atoms with E-state index in [9.17, 15) is 0 Å². The molecular weight excluding hydrogens is 214 g/mol. The molecule has 0 saturated heterocycles. The van der Waals surface area contributed by atoms with Crippen LogP contribution in [0.1, 0.15) is 5.76 Å². The van der Waals surface area contributed by atoms with Crippen LogP contribution in [0.4, 0.5) is 0 Å². The summed E-state index contributed by atoms with van der Waals surface area (Å²) in [5.41, 5.74) is 1.92. The van der Waals surface area contributed by atoms with Gasteiger partial charge >= 0.3 is 0 Å². The highest BCUT2D eigenvalue weighted by atomic mass is 16.5. The molecule has 0 saturated carbocycles. The summed E-state index contributed by atoms with van der Waals surface area (Å²) in [5.74, 6) is 0.821. The zero-order valence-corrected chi connectivity index (χ0v) is 9.15. The first-order valence-corrected chi connectivity index (χ1v) is 5.38. The van der Waals surface area contributed by atoms with Crippen molar-refractivity contribution < 1.29 is 4.52 Å². The van der Waals surface area contributed by atoms with Gasteiger partial charge in [0.05, 0.1) is 12.9 Å². The standard InChI is InChI=1S/C13H11N3O/c1-2-4-11(5-3-1)13-8-12(17-15-13)9-16-7-6-14-10-16/h1-8,10H,9H2. The second-order valence-electron chi connectivity index (χ2n) is 3.78. The van der Waals surface area contributed by atoms with Gasteiger partial charge in [-0.05, 0) is 0 Å². The summed E-state index contributed by atoms with van der Waals surface area (Å²) in [5, 5.41) is 4.06. The Hall–Kier alpha value is -2.36. The van der Waals surface area contributed by atoms with Crippen LogP contribution in [0.25, 0.3) is 11.3 Å². The summed E-state index contributed by atoms with van der Waals surface area (Å²) in [7, 11) is 0. The van der Waals surface area contributed by atoms with Gasteiger partial charge in [-0.15, -0.1) is 0 Å². The average Bonchev–Trinajstić information content (AvgIpc) is 3.02. The number of rotatable bonds is 3. The molecular formula is C13H11N3O. The highest BCUT2D eigenvalue weighted by Gasteiger charge is 2.06. The fourth-order valence-electron chi connectivity index (χ4n) is 1.69. The number of benzene rings is 1. The third-order valence-electron chi connectivity index (χ3n) is 2.53. The molecule has 0 N–H and O–H groups in total. The Balaban J connectivity index is 1.84. The first-order chi connectivity index (χ1) is 8.42. The van der Waals surface area contributed by atoms with Crippen LogP contribution in [0.5, 0.6) is 0 Å². The Bertz CT molecular complexity index is 584. The number of hydrogen-bond donors (Lipinski definition) is 0. The molecule has 0 aliphatic heterocycles. The molecule has 84 valence electrons. The molecule has 2 aromatic heterocycles. The predicted octanol–water partition coefficient (Wildman–Crippen LogP) is 2.59. The molecule has 1 aromatic carbocycles. The topological polar surface area (TPSA) is 43.9 Å². The van der Waals surface area contributed by atoms with Gasteiger partial charge in [0.15, 0.2) is 5.76 Å². The predicted molar refractivity (Wildman–Crippen MR) is 63.3 cm³/mol. The largest absolute Gasteiger partial charge is 0.359 e. The van der Waals surface area contributed by atoms with Crippen molar-refractivity contribution in [3.8, 4) is 11.3 Å². The lowest BCUT2D eigenvalue weighted by Gasteiger charge is -1.94. The van der Waals surface area contributed by atoms with Crippen LogP contribution >= 0.6 is 0 Å². The quantitative estimate of drug-likeness (QED) is 0.688. The average molecular weight is 225 g/mol. The zero-order valence-electron chi connectivity index (χ0n) is 9.15. The van der Waals surface area contributed by atoms with Gasteiger partial charge in [0.25, 0.3) is 0 Å². The summed E-state index contributed by atoms with van der Waals surface area (Å²) >= 11 is 0. The second-order valence-corrected chi connectivity index (χ2v) is 3.78. The van der Waals surface area contributed by atoms with Crippen LogP contribution in [-0.2, 0) is 6.54 Å². The van der Waals surface area contributed by atoms with E-state index in [0.29, 0.717) is 6.54 Å². The molecule has 3 aromatic rings. The highest BCUT2D eigenvalue weighted by molar-refractivity contribution is 5.58. The van der Waals surface area contributed by atoms with E-state index in [4.69, 9.17) is 4.52 Å². The fraction of sp³-hybridized carbons (Fsp3) is 0.0769. The van der Waals surface area contributed by atoms with Crippen LogP contribution < -0.4 is 0 Å². The van der Waals surface area contributed by atoms with E-state index in [1.54, 1.807) is 12.5 Å². The summed E-state index contributed by atoms with van der Waals surface area (Å²) < 4.78 is 7.23. The maximum atomic E-state index is 5.29. The molecule has 4 heteroatoms.